The lowest BCUT2D eigenvalue weighted by molar-refractivity contribution is -0.140. The van der Waals surface area contributed by atoms with Crippen molar-refractivity contribution in [1.29, 1.82) is 0 Å². The first-order valence-corrected chi connectivity index (χ1v) is 10.9. The molecule has 4 nitrogen and oxygen atoms in total. The zero-order chi connectivity index (χ0) is 23.0. The second-order valence-electron chi connectivity index (χ2n) is 8.27. The summed E-state index contributed by atoms with van der Waals surface area (Å²) in [4.78, 5) is 11.3. The summed E-state index contributed by atoms with van der Waals surface area (Å²) in [5, 5.41) is 10.3. The number of hydrogen-bond donors (Lipinski definition) is 1. The van der Waals surface area contributed by atoms with E-state index in [-0.39, 0.29) is 12.5 Å². The summed E-state index contributed by atoms with van der Waals surface area (Å²) in [6.07, 6.45) is 0.720. The van der Waals surface area contributed by atoms with Crippen LogP contribution in [0.15, 0.2) is 42.6 Å². The molecule has 1 aliphatic rings. The molecule has 0 spiro atoms. The van der Waals surface area contributed by atoms with E-state index in [1.807, 2.05) is 0 Å². The second-order valence-corrected chi connectivity index (χ2v) is 8.68. The molecule has 1 aromatic heterocycles. The molecule has 1 atom stereocenters. The van der Waals surface area contributed by atoms with Gasteiger partial charge in [0, 0.05) is 17.6 Å². The first-order chi connectivity index (χ1) is 15.1. The fraction of sp³-hybridized carbons (Fsp3) is 0.375. The lowest BCUT2D eigenvalue weighted by Crippen LogP contribution is -2.14. The van der Waals surface area contributed by atoms with Crippen molar-refractivity contribution in [3.05, 3.63) is 64.3 Å². The molecule has 0 bridgehead atoms. The zero-order valence-electron chi connectivity index (χ0n) is 17.5. The minimum absolute atomic E-state index is 0.0396. The standard InChI is InChI=1S/C24H23ClF3NO3/c1-14(23(30)31)29-9-8-17-11-18(12-21(25)22(17)29)32-13-15-6-7-19(16-4-2-3-5-16)20(10-15)24(26,27)28/h6-12,14,16H,2-5,13H2,1H3,(H,30,31). The Morgan fingerprint density at radius 1 is 1.22 bits per heavy atom. The number of fused-ring (bicyclic) bond motifs is 1. The molecule has 1 fully saturated rings. The Kier molecular flexibility index (Phi) is 6.12. The maximum Gasteiger partial charge on any atom is 0.416 e. The van der Waals surface area contributed by atoms with Gasteiger partial charge in [-0.2, -0.15) is 13.2 Å². The highest BCUT2D eigenvalue weighted by Gasteiger charge is 2.36. The van der Waals surface area contributed by atoms with Crippen molar-refractivity contribution in [2.24, 2.45) is 0 Å². The molecular formula is C24H23ClF3NO3. The summed E-state index contributed by atoms with van der Waals surface area (Å²) in [5.41, 5.74) is 0.775. The Morgan fingerprint density at radius 2 is 1.94 bits per heavy atom. The number of halogens is 4. The van der Waals surface area contributed by atoms with Crippen LogP contribution in [-0.4, -0.2) is 15.6 Å². The number of aromatic nitrogens is 1. The van der Waals surface area contributed by atoms with Gasteiger partial charge >= 0.3 is 12.1 Å². The average molecular weight is 466 g/mol. The van der Waals surface area contributed by atoms with Crippen LogP contribution in [0.5, 0.6) is 5.75 Å². The molecule has 0 saturated heterocycles. The van der Waals surface area contributed by atoms with Crippen LogP contribution in [0.2, 0.25) is 5.02 Å². The van der Waals surface area contributed by atoms with Gasteiger partial charge in [-0.1, -0.05) is 36.6 Å². The van der Waals surface area contributed by atoms with Gasteiger partial charge in [-0.3, -0.25) is 0 Å². The molecule has 8 heteroatoms. The first-order valence-electron chi connectivity index (χ1n) is 10.5. The maximum atomic E-state index is 13.7. The minimum atomic E-state index is -4.42. The molecule has 4 rings (SSSR count). The van der Waals surface area contributed by atoms with Crippen LogP contribution in [0.3, 0.4) is 0 Å². The smallest absolute Gasteiger partial charge is 0.416 e. The number of alkyl halides is 3. The summed E-state index contributed by atoms with van der Waals surface area (Å²) in [7, 11) is 0. The van der Waals surface area contributed by atoms with Crippen LogP contribution in [-0.2, 0) is 17.6 Å². The molecule has 1 aliphatic carbocycles. The summed E-state index contributed by atoms with van der Waals surface area (Å²) in [6, 6.07) is 8.63. The minimum Gasteiger partial charge on any atom is -0.489 e. The Labute approximate surface area is 188 Å². The molecule has 1 N–H and O–H groups in total. The molecule has 3 aromatic rings. The Bertz CT molecular complexity index is 1150. The topological polar surface area (TPSA) is 51.5 Å². The predicted molar refractivity (Wildman–Crippen MR) is 116 cm³/mol. The third-order valence-electron chi connectivity index (χ3n) is 6.14. The second kappa shape index (κ2) is 8.70. The highest BCUT2D eigenvalue weighted by Crippen LogP contribution is 2.42. The van der Waals surface area contributed by atoms with Crippen LogP contribution in [0.4, 0.5) is 13.2 Å². The number of carboxylic acids is 1. The number of carbonyl (C=O) groups is 1. The van der Waals surface area contributed by atoms with Gasteiger partial charge in [0.25, 0.3) is 0 Å². The third-order valence-corrected chi connectivity index (χ3v) is 6.43. The van der Waals surface area contributed by atoms with Gasteiger partial charge in [-0.15, -0.1) is 0 Å². The normalized spacial score (nSPS) is 15.9. The molecule has 32 heavy (non-hydrogen) atoms. The van der Waals surface area contributed by atoms with E-state index in [1.54, 1.807) is 48.0 Å². The van der Waals surface area contributed by atoms with E-state index in [9.17, 15) is 23.1 Å². The van der Waals surface area contributed by atoms with E-state index >= 15 is 0 Å². The molecular weight excluding hydrogens is 443 g/mol. The van der Waals surface area contributed by atoms with Crippen molar-refractivity contribution in [3.63, 3.8) is 0 Å². The predicted octanol–water partition coefficient (Wildman–Crippen LogP) is 7.20. The van der Waals surface area contributed by atoms with E-state index in [0.29, 0.717) is 32.8 Å². The summed E-state index contributed by atoms with van der Waals surface area (Å²) in [5.74, 6) is -0.628. The van der Waals surface area contributed by atoms with Crippen LogP contribution in [0, 0.1) is 0 Å². The Balaban J connectivity index is 1.57. The van der Waals surface area contributed by atoms with Crippen molar-refractivity contribution in [1.82, 2.24) is 4.57 Å². The van der Waals surface area contributed by atoms with Crippen molar-refractivity contribution in [2.45, 2.75) is 57.3 Å². The van der Waals surface area contributed by atoms with E-state index < -0.39 is 23.8 Å². The van der Waals surface area contributed by atoms with E-state index in [0.717, 1.165) is 25.7 Å². The number of nitrogens with zero attached hydrogens (tertiary/aromatic N) is 1. The average Bonchev–Trinajstić information content (AvgIpc) is 3.41. The molecule has 2 aromatic carbocycles. The third kappa shape index (κ3) is 4.44. The van der Waals surface area contributed by atoms with Gasteiger partial charge in [0.15, 0.2) is 0 Å². The fourth-order valence-electron chi connectivity index (χ4n) is 4.45. The van der Waals surface area contributed by atoms with Crippen molar-refractivity contribution in [3.8, 4) is 5.75 Å². The fourth-order valence-corrected chi connectivity index (χ4v) is 4.77. The number of rotatable bonds is 6. The Morgan fingerprint density at radius 3 is 2.59 bits per heavy atom. The Hall–Kier alpha value is -2.67. The van der Waals surface area contributed by atoms with Gasteiger partial charge in [0.05, 0.1) is 16.1 Å². The van der Waals surface area contributed by atoms with Gasteiger partial charge in [0.1, 0.15) is 18.4 Å². The molecule has 0 radical (unpaired) electrons. The molecule has 0 amide bonds. The van der Waals surface area contributed by atoms with E-state index in [1.165, 1.54) is 6.07 Å². The van der Waals surface area contributed by atoms with Gasteiger partial charge in [-0.25, -0.2) is 4.79 Å². The molecule has 1 unspecified atom stereocenters. The number of aliphatic carboxylic acids is 1. The van der Waals surface area contributed by atoms with Crippen LogP contribution in [0.1, 0.15) is 61.3 Å². The van der Waals surface area contributed by atoms with Crippen molar-refractivity contribution in [2.75, 3.05) is 0 Å². The van der Waals surface area contributed by atoms with Crippen molar-refractivity contribution >= 4 is 28.5 Å². The number of hydrogen-bond acceptors (Lipinski definition) is 2. The van der Waals surface area contributed by atoms with Gasteiger partial charge < -0.3 is 14.4 Å². The lowest BCUT2D eigenvalue weighted by Gasteiger charge is -2.19. The molecule has 170 valence electrons. The largest absolute Gasteiger partial charge is 0.489 e. The number of carboxylic acid groups (broad SMARTS) is 1. The van der Waals surface area contributed by atoms with Gasteiger partial charge in [-0.05, 0) is 55.0 Å². The SMILES string of the molecule is CC(C(=O)O)n1ccc2cc(OCc3ccc(C4CCCC4)c(C(F)(F)F)c3)cc(Cl)c21. The molecule has 1 heterocycles. The van der Waals surface area contributed by atoms with Crippen LogP contribution in [0.25, 0.3) is 10.9 Å². The maximum absolute atomic E-state index is 13.7. The van der Waals surface area contributed by atoms with E-state index in [2.05, 4.69) is 0 Å². The van der Waals surface area contributed by atoms with Crippen LogP contribution >= 0.6 is 11.6 Å². The highest BCUT2D eigenvalue weighted by atomic mass is 35.5. The molecule has 0 aliphatic heterocycles. The van der Waals surface area contributed by atoms with Crippen molar-refractivity contribution < 1.29 is 27.8 Å². The summed E-state index contributed by atoms with van der Waals surface area (Å²) < 4.78 is 48.4. The lowest BCUT2D eigenvalue weighted by atomic mass is 9.91. The molecule has 1 saturated carbocycles. The quantitative estimate of drug-likeness (QED) is 0.419. The van der Waals surface area contributed by atoms with Gasteiger partial charge in [0.2, 0.25) is 0 Å². The summed E-state index contributed by atoms with van der Waals surface area (Å²) in [6.45, 7) is 1.51. The highest BCUT2D eigenvalue weighted by molar-refractivity contribution is 6.35. The van der Waals surface area contributed by atoms with E-state index in [4.69, 9.17) is 16.3 Å². The number of ether oxygens (including phenoxy) is 1. The monoisotopic (exact) mass is 465 g/mol. The first kappa shape index (κ1) is 22.5. The number of benzene rings is 2. The zero-order valence-corrected chi connectivity index (χ0v) is 18.2. The van der Waals surface area contributed by atoms with Crippen LogP contribution < -0.4 is 4.74 Å². The summed E-state index contributed by atoms with van der Waals surface area (Å²) >= 11 is 6.38.